The topological polar surface area (TPSA) is 58.4 Å². The van der Waals surface area contributed by atoms with Crippen LogP contribution in [0, 0.1) is 5.92 Å². The van der Waals surface area contributed by atoms with Gasteiger partial charge in [0.2, 0.25) is 5.91 Å². The van der Waals surface area contributed by atoms with E-state index in [1.165, 1.54) is 0 Å². The number of rotatable bonds is 3. The van der Waals surface area contributed by atoms with Crippen LogP contribution >= 0.6 is 15.9 Å². The fourth-order valence-electron chi connectivity index (χ4n) is 2.48. The maximum atomic E-state index is 10.9. The molecule has 0 aliphatic carbocycles. The van der Waals surface area contributed by atoms with Gasteiger partial charge in [0.25, 0.3) is 0 Å². The Kier molecular flexibility index (Phi) is 4.69. The van der Waals surface area contributed by atoms with Crippen molar-refractivity contribution < 1.29 is 4.79 Å². The molecule has 19 heavy (non-hydrogen) atoms. The van der Waals surface area contributed by atoms with E-state index in [-0.39, 0.29) is 5.91 Å². The lowest BCUT2D eigenvalue weighted by Gasteiger charge is -2.34. The molecule has 0 radical (unpaired) electrons. The number of carbonyl (C=O) groups is 1. The van der Waals surface area contributed by atoms with Crippen molar-refractivity contribution in [2.24, 2.45) is 5.92 Å². The van der Waals surface area contributed by atoms with Gasteiger partial charge in [-0.2, -0.15) is 0 Å². The molecule has 0 unspecified atom stereocenters. The molecule has 1 heterocycles. The van der Waals surface area contributed by atoms with Crippen molar-refractivity contribution in [2.45, 2.75) is 19.8 Å². The van der Waals surface area contributed by atoms with Gasteiger partial charge >= 0.3 is 0 Å². The molecular weight excluding hydrogens is 306 g/mol. The lowest BCUT2D eigenvalue weighted by atomic mass is 9.96. The Bertz CT molecular complexity index is 456. The number of amides is 1. The molecule has 1 aromatic carbocycles. The van der Waals surface area contributed by atoms with Crippen LogP contribution in [0.25, 0.3) is 0 Å². The number of hydrogen-bond donors (Lipinski definition) is 2. The highest BCUT2D eigenvalue weighted by atomic mass is 79.9. The Hall–Kier alpha value is -1.23. The smallest absolute Gasteiger partial charge is 0.216 e. The Balaban J connectivity index is 1.90. The number of carbonyl (C=O) groups excluding carboxylic acids is 1. The molecule has 1 saturated heterocycles. The largest absolute Gasteiger partial charge is 0.397 e. The molecular formula is C14H20BrN3O. The van der Waals surface area contributed by atoms with Crippen LogP contribution in [0.15, 0.2) is 22.7 Å². The van der Waals surface area contributed by atoms with Crippen LogP contribution < -0.4 is 16.0 Å². The Labute approximate surface area is 122 Å². The second kappa shape index (κ2) is 6.28. The number of nitrogens with two attached hydrogens (primary N) is 1. The molecule has 0 atom stereocenters. The SMILES string of the molecule is CC(=O)NCC1CCN(c2ccc(Br)cc2N)CC1. The van der Waals surface area contributed by atoms with Gasteiger partial charge in [-0.25, -0.2) is 0 Å². The number of nitrogens with one attached hydrogen (secondary N) is 1. The number of hydrogen-bond acceptors (Lipinski definition) is 3. The molecule has 0 saturated carbocycles. The standard InChI is InChI=1S/C14H20BrN3O/c1-10(19)17-9-11-4-6-18(7-5-11)14-3-2-12(15)8-13(14)16/h2-3,8,11H,4-7,9,16H2,1H3,(H,17,19). The van der Waals surface area contributed by atoms with E-state index in [0.717, 1.165) is 48.3 Å². The number of nitrogen functional groups attached to an aromatic ring is 1. The van der Waals surface area contributed by atoms with Gasteiger partial charge in [0.15, 0.2) is 0 Å². The minimum Gasteiger partial charge on any atom is -0.397 e. The summed E-state index contributed by atoms with van der Waals surface area (Å²) in [6.07, 6.45) is 2.19. The van der Waals surface area contributed by atoms with Crippen molar-refractivity contribution in [1.29, 1.82) is 0 Å². The van der Waals surface area contributed by atoms with Crippen LogP contribution in [0.5, 0.6) is 0 Å². The van der Waals surface area contributed by atoms with E-state index in [2.05, 4.69) is 32.2 Å². The van der Waals surface area contributed by atoms with E-state index in [9.17, 15) is 4.79 Å². The Morgan fingerprint density at radius 1 is 1.47 bits per heavy atom. The molecule has 5 heteroatoms. The first kappa shape index (κ1) is 14.2. The van der Waals surface area contributed by atoms with E-state index in [1.54, 1.807) is 6.92 Å². The molecule has 2 rings (SSSR count). The average Bonchev–Trinajstić information content (AvgIpc) is 2.37. The minimum absolute atomic E-state index is 0.0552. The zero-order valence-electron chi connectivity index (χ0n) is 11.2. The van der Waals surface area contributed by atoms with Gasteiger partial charge in [-0.05, 0) is 37.0 Å². The Morgan fingerprint density at radius 2 is 2.16 bits per heavy atom. The summed E-state index contributed by atoms with van der Waals surface area (Å²) in [6, 6.07) is 6.03. The lowest BCUT2D eigenvalue weighted by molar-refractivity contribution is -0.119. The van der Waals surface area contributed by atoms with Gasteiger partial charge in [-0.3, -0.25) is 4.79 Å². The molecule has 0 bridgehead atoms. The summed E-state index contributed by atoms with van der Waals surface area (Å²) < 4.78 is 1.01. The molecule has 4 nitrogen and oxygen atoms in total. The average molecular weight is 326 g/mol. The molecule has 3 N–H and O–H groups in total. The third-order valence-corrected chi connectivity index (χ3v) is 4.08. The molecule has 0 spiro atoms. The van der Waals surface area contributed by atoms with E-state index < -0.39 is 0 Å². The summed E-state index contributed by atoms with van der Waals surface area (Å²) in [6.45, 7) is 4.35. The van der Waals surface area contributed by atoms with Gasteiger partial charge in [0, 0.05) is 31.0 Å². The second-order valence-electron chi connectivity index (χ2n) is 5.07. The number of nitrogens with zero attached hydrogens (tertiary/aromatic N) is 1. The van der Waals surface area contributed by atoms with Crippen LogP contribution in [-0.2, 0) is 4.79 Å². The normalized spacial score (nSPS) is 16.4. The molecule has 1 aliphatic heterocycles. The summed E-state index contributed by atoms with van der Waals surface area (Å²) >= 11 is 3.43. The van der Waals surface area contributed by atoms with Gasteiger partial charge in [-0.1, -0.05) is 15.9 Å². The van der Waals surface area contributed by atoms with Crippen LogP contribution in [-0.4, -0.2) is 25.5 Å². The first-order valence-corrected chi connectivity index (χ1v) is 7.40. The number of piperidine rings is 1. The molecule has 1 fully saturated rings. The van der Waals surface area contributed by atoms with Crippen molar-refractivity contribution in [1.82, 2.24) is 5.32 Å². The fraction of sp³-hybridized carbons (Fsp3) is 0.500. The van der Waals surface area contributed by atoms with Crippen LogP contribution in [0.1, 0.15) is 19.8 Å². The fourth-order valence-corrected chi connectivity index (χ4v) is 2.86. The van der Waals surface area contributed by atoms with Gasteiger partial charge in [0.1, 0.15) is 0 Å². The van der Waals surface area contributed by atoms with Gasteiger partial charge in [0.05, 0.1) is 11.4 Å². The van der Waals surface area contributed by atoms with Crippen molar-refractivity contribution in [3.8, 4) is 0 Å². The van der Waals surface area contributed by atoms with Crippen molar-refractivity contribution >= 4 is 33.2 Å². The molecule has 104 valence electrons. The third kappa shape index (κ3) is 3.86. The molecule has 0 aromatic heterocycles. The monoisotopic (exact) mass is 325 g/mol. The third-order valence-electron chi connectivity index (χ3n) is 3.58. The summed E-state index contributed by atoms with van der Waals surface area (Å²) in [5.74, 6) is 0.636. The first-order valence-electron chi connectivity index (χ1n) is 6.60. The second-order valence-corrected chi connectivity index (χ2v) is 5.99. The van der Waals surface area contributed by atoms with Crippen molar-refractivity contribution in [3.63, 3.8) is 0 Å². The zero-order chi connectivity index (χ0) is 13.8. The number of anilines is 2. The highest BCUT2D eigenvalue weighted by Gasteiger charge is 2.20. The Morgan fingerprint density at radius 3 is 2.74 bits per heavy atom. The van der Waals surface area contributed by atoms with Gasteiger partial charge < -0.3 is 16.0 Å². The molecule has 1 aromatic rings. The first-order chi connectivity index (χ1) is 9.06. The summed E-state index contributed by atoms with van der Waals surface area (Å²) in [7, 11) is 0. The molecule has 1 aliphatic rings. The predicted octanol–water partition coefficient (Wildman–Crippen LogP) is 2.38. The van der Waals surface area contributed by atoms with Crippen LogP contribution in [0.3, 0.4) is 0 Å². The zero-order valence-corrected chi connectivity index (χ0v) is 12.7. The van der Waals surface area contributed by atoms with E-state index in [0.29, 0.717) is 5.92 Å². The summed E-state index contributed by atoms with van der Waals surface area (Å²) in [5, 5.41) is 2.90. The quantitative estimate of drug-likeness (QED) is 0.839. The van der Waals surface area contributed by atoms with E-state index in [4.69, 9.17) is 5.73 Å². The predicted molar refractivity (Wildman–Crippen MR) is 82.2 cm³/mol. The van der Waals surface area contributed by atoms with Crippen molar-refractivity contribution in [2.75, 3.05) is 30.3 Å². The lowest BCUT2D eigenvalue weighted by Crippen LogP contribution is -2.38. The highest BCUT2D eigenvalue weighted by molar-refractivity contribution is 9.10. The maximum Gasteiger partial charge on any atom is 0.216 e. The maximum absolute atomic E-state index is 10.9. The molecule has 1 amide bonds. The summed E-state index contributed by atoms with van der Waals surface area (Å²) in [4.78, 5) is 13.2. The number of benzene rings is 1. The minimum atomic E-state index is 0.0552. The van der Waals surface area contributed by atoms with E-state index >= 15 is 0 Å². The van der Waals surface area contributed by atoms with Crippen LogP contribution in [0.4, 0.5) is 11.4 Å². The number of halogens is 1. The van der Waals surface area contributed by atoms with Crippen LogP contribution in [0.2, 0.25) is 0 Å². The van der Waals surface area contributed by atoms with Crippen molar-refractivity contribution in [3.05, 3.63) is 22.7 Å². The summed E-state index contributed by atoms with van der Waals surface area (Å²) in [5.41, 5.74) is 7.98. The van der Waals surface area contributed by atoms with E-state index in [1.807, 2.05) is 12.1 Å². The van der Waals surface area contributed by atoms with Gasteiger partial charge in [-0.15, -0.1) is 0 Å². The highest BCUT2D eigenvalue weighted by Crippen LogP contribution is 2.30.